The third-order valence-electron chi connectivity index (χ3n) is 3.39. The summed E-state index contributed by atoms with van der Waals surface area (Å²) < 4.78 is 1.00. The van der Waals surface area contributed by atoms with E-state index in [0.29, 0.717) is 0 Å². The van der Waals surface area contributed by atoms with Crippen molar-refractivity contribution in [2.75, 3.05) is 23.7 Å². The van der Waals surface area contributed by atoms with Gasteiger partial charge in [0.25, 0.3) is 0 Å². The van der Waals surface area contributed by atoms with Crippen molar-refractivity contribution in [1.82, 2.24) is 0 Å². The lowest BCUT2D eigenvalue weighted by Crippen LogP contribution is -2.37. The number of hydrogen-bond donors (Lipinski definition) is 1. The number of benzene rings is 1. The average molecular weight is 330 g/mol. The van der Waals surface area contributed by atoms with Crippen molar-refractivity contribution in [3.05, 3.63) is 28.2 Å². The molecule has 18 heavy (non-hydrogen) atoms. The maximum atomic E-state index is 9.64. The van der Waals surface area contributed by atoms with E-state index in [-0.39, 0.29) is 0 Å². The van der Waals surface area contributed by atoms with E-state index in [1.807, 2.05) is 6.07 Å². The summed E-state index contributed by atoms with van der Waals surface area (Å²) in [6.45, 7) is 6.29. The predicted molar refractivity (Wildman–Crippen MR) is 83.5 cm³/mol. The second-order valence-corrected chi connectivity index (χ2v) is 6.99. The molecule has 0 bridgehead atoms. The van der Waals surface area contributed by atoms with Crippen LogP contribution in [0.5, 0.6) is 0 Å². The van der Waals surface area contributed by atoms with Crippen LogP contribution < -0.4 is 4.90 Å². The molecule has 1 fully saturated rings. The molecule has 0 aliphatic carbocycles. The molecule has 100 valence electrons. The molecule has 2 atom stereocenters. The average Bonchev–Trinajstić information content (AvgIpc) is 2.38. The molecule has 0 spiro atoms. The molecule has 1 aromatic carbocycles. The fraction of sp³-hybridized carbons (Fsp3) is 0.571. The Morgan fingerprint density at radius 3 is 2.94 bits per heavy atom. The Kier molecular flexibility index (Phi) is 4.98. The van der Waals surface area contributed by atoms with Crippen molar-refractivity contribution < 1.29 is 5.11 Å². The molecule has 1 saturated heterocycles. The van der Waals surface area contributed by atoms with Gasteiger partial charge in [0.15, 0.2) is 0 Å². The zero-order chi connectivity index (χ0) is 13.1. The van der Waals surface area contributed by atoms with Gasteiger partial charge in [0.05, 0.1) is 6.10 Å². The highest BCUT2D eigenvalue weighted by Crippen LogP contribution is 2.31. The summed E-state index contributed by atoms with van der Waals surface area (Å²) in [4.78, 5) is 2.45. The van der Waals surface area contributed by atoms with E-state index >= 15 is 0 Å². The summed E-state index contributed by atoms with van der Waals surface area (Å²) in [6.07, 6.45) is 0.808. The van der Waals surface area contributed by atoms with Crippen LogP contribution in [0.25, 0.3) is 0 Å². The van der Waals surface area contributed by atoms with Crippen molar-refractivity contribution >= 4 is 33.4 Å². The largest absolute Gasteiger partial charge is 0.389 e. The predicted octanol–water partition coefficient (Wildman–Crippen LogP) is 3.83. The molecule has 2 nitrogen and oxygen atoms in total. The van der Waals surface area contributed by atoms with Crippen LogP contribution in [0.15, 0.2) is 22.7 Å². The third-order valence-corrected chi connectivity index (χ3v) is 5.45. The van der Waals surface area contributed by atoms with Crippen LogP contribution >= 0.6 is 27.7 Å². The van der Waals surface area contributed by atoms with Crippen LogP contribution in [-0.2, 0) is 0 Å². The molecule has 0 saturated carbocycles. The molecule has 1 aliphatic rings. The van der Waals surface area contributed by atoms with Crippen LogP contribution in [0.1, 0.15) is 31.9 Å². The van der Waals surface area contributed by atoms with Gasteiger partial charge < -0.3 is 10.0 Å². The lowest BCUT2D eigenvalue weighted by molar-refractivity contribution is 0.198. The third kappa shape index (κ3) is 3.22. The van der Waals surface area contributed by atoms with Gasteiger partial charge in [-0.05, 0) is 31.0 Å². The highest BCUT2D eigenvalue weighted by molar-refractivity contribution is 9.10. The molecule has 0 radical (unpaired) electrons. The summed E-state index contributed by atoms with van der Waals surface area (Å²) in [7, 11) is 0. The van der Waals surface area contributed by atoms with Crippen molar-refractivity contribution in [3.8, 4) is 0 Å². The van der Waals surface area contributed by atoms with E-state index < -0.39 is 6.10 Å². The second kappa shape index (κ2) is 6.31. The summed E-state index contributed by atoms with van der Waals surface area (Å²) in [5.41, 5.74) is 2.21. The molecular formula is C14H20BrNOS. The molecule has 4 heteroatoms. The van der Waals surface area contributed by atoms with Crippen molar-refractivity contribution in [2.24, 2.45) is 0 Å². The number of nitrogens with zero attached hydrogens (tertiary/aromatic N) is 1. The van der Waals surface area contributed by atoms with E-state index in [0.717, 1.165) is 28.4 Å². The minimum Gasteiger partial charge on any atom is -0.389 e. The van der Waals surface area contributed by atoms with E-state index in [2.05, 4.69) is 51.6 Å². The molecule has 2 unspecified atom stereocenters. The number of hydrogen-bond acceptors (Lipinski definition) is 3. The smallest absolute Gasteiger partial charge is 0.0772 e. The fourth-order valence-electron chi connectivity index (χ4n) is 2.25. The molecule has 0 aromatic heterocycles. The van der Waals surface area contributed by atoms with Crippen LogP contribution in [0.2, 0.25) is 0 Å². The maximum Gasteiger partial charge on any atom is 0.0772 e. The topological polar surface area (TPSA) is 23.5 Å². The number of rotatable bonds is 3. The van der Waals surface area contributed by atoms with Crippen LogP contribution in [0.3, 0.4) is 0 Å². The summed E-state index contributed by atoms with van der Waals surface area (Å²) in [6, 6.07) is 6.27. The quantitative estimate of drug-likeness (QED) is 0.911. The first kappa shape index (κ1) is 14.2. The minimum absolute atomic E-state index is 0.422. The summed E-state index contributed by atoms with van der Waals surface area (Å²) in [5, 5.41) is 10.4. The van der Waals surface area contributed by atoms with E-state index in [1.54, 1.807) is 6.92 Å². The molecule has 2 rings (SSSR count). The minimum atomic E-state index is -0.422. The van der Waals surface area contributed by atoms with Crippen LogP contribution in [-0.4, -0.2) is 29.2 Å². The van der Waals surface area contributed by atoms with E-state index in [4.69, 9.17) is 0 Å². The van der Waals surface area contributed by atoms with Crippen LogP contribution in [0.4, 0.5) is 5.69 Å². The first-order chi connectivity index (χ1) is 8.61. The van der Waals surface area contributed by atoms with Gasteiger partial charge in [0.1, 0.15) is 0 Å². The first-order valence-electron chi connectivity index (χ1n) is 6.46. The lowest BCUT2D eigenvalue weighted by Gasteiger charge is -2.34. The number of halogens is 1. The van der Waals surface area contributed by atoms with Gasteiger partial charge in [0.2, 0.25) is 0 Å². The highest BCUT2D eigenvalue weighted by Gasteiger charge is 2.19. The lowest BCUT2D eigenvalue weighted by atomic mass is 10.1. The zero-order valence-corrected chi connectivity index (χ0v) is 13.3. The summed E-state index contributed by atoms with van der Waals surface area (Å²) >= 11 is 5.64. The summed E-state index contributed by atoms with van der Waals surface area (Å²) in [5.74, 6) is 1.20. The van der Waals surface area contributed by atoms with Crippen LogP contribution in [0, 0.1) is 0 Å². The number of aliphatic hydroxyl groups excluding tert-OH is 1. The Morgan fingerprint density at radius 2 is 2.33 bits per heavy atom. The Hall–Kier alpha value is -0.190. The van der Waals surface area contributed by atoms with Gasteiger partial charge in [0, 0.05) is 34.3 Å². The van der Waals surface area contributed by atoms with E-state index in [1.165, 1.54) is 17.9 Å². The fourth-order valence-corrected chi connectivity index (χ4v) is 4.13. The number of anilines is 1. The number of aliphatic hydroxyl groups is 1. The zero-order valence-electron chi connectivity index (χ0n) is 10.9. The van der Waals surface area contributed by atoms with Gasteiger partial charge in [-0.1, -0.05) is 28.9 Å². The Labute approximate surface area is 122 Å². The Bertz CT molecular complexity index is 411. The normalized spacial score (nSPS) is 22.0. The van der Waals surface area contributed by atoms with Gasteiger partial charge in [-0.2, -0.15) is 11.8 Å². The molecule has 1 heterocycles. The molecular weight excluding hydrogens is 310 g/mol. The molecule has 1 N–H and O–H groups in total. The van der Waals surface area contributed by atoms with E-state index in [9.17, 15) is 5.11 Å². The second-order valence-electron chi connectivity index (χ2n) is 4.73. The monoisotopic (exact) mass is 329 g/mol. The Balaban J connectivity index is 2.16. The van der Waals surface area contributed by atoms with Crippen molar-refractivity contribution in [3.63, 3.8) is 0 Å². The van der Waals surface area contributed by atoms with Gasteiger partial charge in [-0.25, -0.2) is 0 Å². The Morgan fingerprint density at radius 1 is 1.56 bits per heavy atom. The molecule has 0 amide bonds. The van der Waals surface area contributed by atoms with Gasteiger partial charge >= 0.3 is 0 Å². The SMILES string of the molecule is CCC1CN(c2ccc(C(C)O)c(Br)c2)CCS1. The standard InChI is InChI=1S/C14H20BrNOS/c1-3-12-9-16(6-7-18-12)11-4-5-13(10(2)17)14(15)8-11/h4-5,8,10,12,17H,3,6-7,9H2,1-2H3. The van der Waals surface area contributed by atoms with Gasteiger partial charge in [-0.15, -0.1) is 0 Å². The van der Waals surface area contributed by atoms with Gasteiger partial charge in [-0.3, -0.25) is 0 Å². The molecule has 1 aromatic rings. The first-order valence-corrected chi connectivity index (χ1v) is 8.30. The highest BCUT2D eigenvalue weighted by atomic mass is 79.9. The number of thioether (sulfide) groups is 1. The maximum absolute atomic E-state index is 9.64. The molecule has 1 aliphatic heterocycles. The van der Waals surface area contributed by atoms with Crippen molar-refractivity contribution in [1.29, 1.82) is 0 Å². The van der Waals surface area contributed by atoms with Crippen molar-refractivity contribution in [2.45, 2.75) is 31.6 Å².